The largest absolute Gasteiger partial charge is 0.384 e. The van der Waals surface area contributed by atoms with E-state index < -0.39 is 0 Å². The Labute approximate surface area is 81.6 Å². The summed E-state index contributed by atoms with van der Waals surface area (Å²) in [5.74, 6) is 3.43. The van der Waals surface area contributed by atoms with Crippen molar-refractivity contribution in [3.05, 3.63) is 23.9 Å². The van der Waals surface area contributed by atoms with Crippen molar-refractivity contribution in [1.82, 2.24) is 4.98 Å². The molecule has 0 saturated carbocycles. The predicted molar refractivity (Wildman–Crippen MR) is 57.1 cm³/mol. The molecule has 0 bridgehead atoms. The van der Waals surface area contributed by atoms with E-state index in [9.17, 15) is 0 Å². The normalized spacial score (nSPS) is 8.45. The number of pyridine rings is 1. The molecular weight excluding hydrogens is 271 g/mol. The molecule has 0 fully saturated rings. The van der Waals surface area contributed by atoms with Gasteiger partial charge < -0.3 is 5.73 Å². The molecule has 0 amide bonds. The summed E-state index contributed by atoms with van der Waals surface area (Å²) >= 11 is 2.12. The lowest BCUT2D eigenvalue weighted by Gasteiger charge is -1.89. The average molecular weight is 276 g/mol. The molecule has 0 atom stereocenters. The topological polar surface area (TPSA) is 38.9 Å². The molecule has 0 spiro atoms. The van der Waals surface area contributed by atoms with Gasteiger partial charge in [-0.25, -0.2) is 4.98 Å². The Morgan fingerprint density at radius 2 is 2.36 bits per heavy atom. The number of nitrogens with two attached hydrogens (primary N) is 1. The van der Waals surface area contributed by atoms with Crippen LogP contribution in [-0.2, 0) is 0 Å². The van der Waals surface area contributed by atoms with Gasteiger partial charge in [-0.2, -0.15) is 0 Å². The average Bonchev–Trinajstić information content (AvgIpc) is 2.04. The van der Waals surface area contributed by atoms with Crippen molar-refractivity contribution in [2.75, 3.05) is 5.73 Å². The molecule has 1 aromatic rings. The fraction of sp³-hybridized carbons (Fsp3) is 0. The van der Waals surface area contributed by atoms with Crippen LogP contribution in [-0.4, -0.2) is 4.98 Å². The molecular formula is C7H5IN2S. The molecule has 1 heterocycles. The number of nitrogen functional groups attached to an aromatic ring is 1. The van der Waals surface area contributed by atoms with Gasteiger partial charge in [0, 0.05) is 33.0 Å². The summed E-state index contributed by atoms with van der Waals surface area (Å²) in [6.45, 7) is 0. The molecule has 0 unspecified atom stereocenters. The molecule has 0 saturated heterocycles. The van der Waals surface area contributed by atoms with E-state index >= 15 is 0 Å². The van der Waals surface area contributed by atoms with Crippen LogP contribution in [0.2, 0.25) is 0 Å². The van der Waals surface area contributed by atoms with E-state index in [0.717, 1.165) is 5.56 Å². The highest BCUT2D eigenvalue weighted by molar-refractivity contribution is 14.2. The zero-order valence-corrected chi connectivity index (χ0v) is 8.52. The number of rotatable bonds is 0. The molecule has 11 heavy (non-hydrogen) atoms. The van der Waals surface area contributed by atoms with E-state index in [1.54, 1.807) is 12.3 Å². The third-order valence-electron chi connectivity index (χ3n) is 1.02. The minimum Gasteiger partial charge on any atom is -0.384 e. The molecule has 56 valence electrons. The molecule has 4 heteroatoms. The molecule has 0 radical (unpaired) electrons. The van der Waals surface area contributed by atoms with Crippen LogP contribution in [0.4, 0.5) is 5.82 Å². The van der Waals surface area contributed by atoms with Crippen LogP contribution in [0.1, 0.15) is 5.56 Å². The van der Waals surface area contributed by atoms with Crippen LogP contribution in [0.3, 0.4) is 0 Å². The highest BCUT2D eigenvalue weighted by Gasteiger charge is 1.86. The molecule has 0 aliphatic rings. The van der Waals surface area contributed by atoms with Crippen molar-refractivity contribution in [1.29, 1.82) is 0 Å². The summed E-state index contributed by atoms with van der Waals surface area (Å²) < 4.78 is 0. The number of halogens is 1. The van der Waals surface area contributed by atoms with E-state index in [1.165, 1.54) is 8.93 Å². The zero-order chi connectivity index (χ0) is 8.10. The van der Waals surface area contributed by atoms with E-state index in [2.05, 4.69) is 37.4 Å². The summed E-state index contributed by atoms with van der Waals surface area (Å²) in [5, 5.41) is 2.86. The number of nitrogens with zero attached hydrogens (tertiary/aromatic N) is 1. The minimum absolute atomic E-state index is 0.526. The molecule has 1 rings (SSSR count). The maximum absolute atomic E-state index is 5.39. The van der Waals surface area contributed by atoms with Gasteiger partial charge in [-0.15, -0.1) is 0 Å². The molecule has 0 aromatic carbocycles. The van der Waals surface area contributed by atoms with Gasteiger partial charge >= 0.3 is 0 Å². The number of hydrogen-bond donors (Lipinski definition) is 1. The van der Waals surface area contributed by atoms with Gasteiger partial charge in [-0.1, -0.05) is 5.92 Å². The molecule has 1 aromatic heterocycles. The van der Waals surface area contributed by atoms with Gasteiger partial charge in [0.05, 0.1) is 0 Å². The van der Waals surface area contributed by atoms with Crippen molar-refractivity contribution in [3.8, 4) is 11.2 Å². The van der Waals surface area contributed by atoms with Gasteiger partial charge in [-0.3, -0.25) is 0 Å². The second-order valence-corrected chi connectivity index (χ2v) is 3.46. The van der Waals surface area contributed by atoms with E-state index in [4.69, 9.17) is 5.73 Å². The Morgan fingerprint density at radius 1 is 1.55 bits per heavy atom. The quantitative estimate of drug-likeness (QED) is 0.582. The first-order valence-corrected chi connectivity index (χ1v) is 6.19. The van der Waals surface area contributed by atoms with Gasteiger partial charge in [-0.05, 0) is 26.3 Å². The first-order chi connectivity index (χ1) is 5.33. The van der Waals surface area contributed by atoms with Crippen molar-refractivity contribution in [3.63, 3.8) is 0 Å². The highest BCUT2D eigenvalue weighted by atomic mass is 127. The smallest absolute Gasteiger partial charge is 0.123 e. The maximum atomic E-state index is 5.39. The molecule has 2 N–H and O–H groups in total. The van der Waals surface area contributed by atoms with Crippen LogP contribution in [0.5, 0.6) is 0 Å². The maximum Gasteiger partial charge on any atom is 0.123 e. The van der Waals surface area contributed by atoms with E-state index in [1.807, 2.05) is 6.07 Å². The second-order valence-electron chi connectivity index (χ2n) is 1.78. The van der Waals surface area contributed by atoms with Crippen LogP contribution in [0.25, 0.3) is 0 Å². The van der Waals surface area contributed by atoms with E-state index in [-0.39, 0.29) is 0 Å². The SMILES string of the molecule is Nc1ccc(C#CSI)cn1. The fourth-order valence-corrected chi connectivity index (χ4v) is 1.04. The first kappa shape index (κ1) is 8.68. The number of aromatic nitrogens is 1. The van der Waals surface area contributed by atoms with Crippen LogP contribution in [0.15, 0.2) is 18.3 Å². The number of hydrogen-bond acceptors (Lipinski definition) is 3. The third-order valence-corrected chi connectivity index (χ3v) is 1.86. The van der Waals surface area contributed by atoms with Crippen molar-refractivity contribution < 1.29 is 0 Å². The van der Waals surface area contributed by atoms with Crippen LogP contribution >= 0.6 is 30.1 Å². The Balaban J connectivity index is 2.82. The van der Waals surface area contributed by atoms with Gasteiger partial charge in [0.2, 0.25) is 0 Å². The standard InChI is InChI=1S/C7H5IN2S/c8-11-4-3-6-1-2-7(9)10-5-6/h1-2,5H,(H2,9,10). The van der Waals surface area contributed by atoms with Crippen LogP contribution < -0.4 is 5.73 Å². The van der Waals surface area contributed by atoms with Gasteiger partial charge in [0.25, 0.3) is 0 Å². The Kier molecular flexibility index (Phi) is 3.52. The summed E-state index contributed by atoms with van der Waals surface area (Å²) in [5.41, 5.74) is 6.28. The lowest BCUT2D eigenvalue weighted by atomic mass is 10.3. The first-order valence-electron chi connectivity index (χ1n) is 2.83. The summed E-state index contributed by atoms with van der Waals surface area (Å²) in [6.07, 6.45) is 1.66. The Morgan fingerprint density at radius 3 is 2.91 bits per heavy atom. The Bertz CT molecular complexity index is 286. The van der Waals surface area contributed by atoms with Crippen molar-refractivity contribution in [2.24, 2.45) is 0 Å². The fourth-order valence-electron chi connectivity index (χ4n) is 0.557. The second kappa shape index (κ2) is 4.46. The van der Waals surface area contributed by atoms with E-state index in [0.29, 0.717) is 5.82 Å². The summed E-state index contributed by atoms with van der Waals surface area (Å²) in [7, 11) is 1.45. The summed E-state index contributed by atoms with van der Waals surface area (Å²) in [6, 6.07) is 3.59. The monoisotopic (exact) mass is 276 g/mol. The predicted octanol–water partition coefficient (Wildman–Crippen LogP) is 2.06. The zero-order valence-electron chi connectivity index (χ0n) is 5.54. The lowest BCUT2D eigenvalue weighted by Crippen LogP contribution is -1.88. The van der Waals surface area contributed by atoms with Crippen molar-refractivity contribution >= 4 is 36.0 Å². The minimum atomic E-state index is 0.526. The lowest BCUT2D eigenvalue weighted by molar-refractivity contribution is 1.32. The Hall–Kier alpha value is -0.410. The molecule has 2 nitrogen and oxygen atoms in total. The van der Waals surface area contributed by atoms with Gasteiger partial charge in [0.15, 0.2) is 0 Å². The molecule has 0 aliphatic carbocycles. The van der Waals surface area contributed by atoms with Crippen molar-refractivity contribution in [2.45, 2.75) is 0 Å². The highest BCUT2D eigenvalue weighted by Crippen LogP contribution is 2.08. The summed E-state index contributed by atoms with van der Waals surface area (Å²) in [4.78, 5) is 3.90. The third kappa shape index (κ3) is 2.99. The number of anilines is 1. The molecule has 0 aliphatic heterocycles. The van der Waals surface area contributed by atoms with Crippen LogP contribution in [0, 0.1) is 11.2 Å². The van der Waals surface area contributed by atoms with Gasteiger partial charge in [0.1, 0.15) is 5.82 Å².